The number of amides is 2. The van der Waals surface area contributed by atoms with E-state index >= 15 is 0 Å². The van der Waals surface area contributed by atoms with Crippen molar-refractivity contribution < 1.29 is 19.1 Å². The Labute approximate surface area is 220 Å². The second-order valence-electron chi connectivity index (χ2n) is 7.71. The second kappa shape index (κ2) is 15.0. The van der Waals surface area contributed by atoms with Crippen LogP contribution < -0.4 is 22.1 Å². The highest BCUT2D eigenvalue weighted by atomic mass is 32.1. The summed E-state index contributed by atoms with van der Waals surface area (Å²) in [6, 6.07) is 15.3. The standard InChI is InChI=1S/C28H28N4O4S/c29-15-21-5-1-7-23(13-21)17-31-27(33)35-11-3-9-25-19-37-20-26(25)10-4-12-36-28(34)32-18-24-8-2-6-22(14-24)16-30/h1-2,5-8,13-14,19-20H,11-12,15-18,29-30H2,(H,31,33)(H,32,34). The van der Waals surface area contributed by atoms with E-state index in [0.717, 1.165) is 22.3 Å². The SMILES string of the molecule is NCc1cccc(CNC(=O)OCC#Cc2cscc2C#CCOC(=O)NCc2cccc(CN)c2)c1. The van der Waals surface area contributed by atoms with Gasteiger partial charge in [0.15, 0.2) is 13.2 Å². The van der Waals surface area contributed by atoms with Crippen molar-refractivity contribution in [1.29, 1.82) is 0 Å². The summed E-state index contributed by atoms with van der Waals surface area (Å²) < 4.78 is 10.2. The van der Waals surface area contributed by atoms with E-state index in [2.05, 4.69) is 34.3 Å². The van der Waals surface area contributed by atoms with E-state index < -0.39 is 12.2 Å². The Hall–Kier alpha value is -4.28. The van der Waals surface area contributed by atoms with Gasteiger partial charge in [0.05, 0.1) is 11.1 Å². The van der Waals surface area contributed by atoms with Gasteiger partial charge in [0.25, 0.3) is 0 Å². The molecule has 0 bridgehead atoms. The molecule has 0 aliphatic heterocycles. The Morgan fingerprint density at radius 3 is 1.59 bits per heavy atom. The van der Waals surface area contributed by atoms with Crippen LogP contribution in [0.5, 0.6) is 0 Å². The van der Waals surface area contributed by atoms with E-state index in [4.69, 9.17) is 20.9 Å². The van der Waals surface area contributed by atoms with Crippen molar-refractivity contribution in [3.63, 3.8) is 0 Å². The molecule has 0 spiro atoms. The molecule has 9 heteroatoms. The third kappa shape index (κ3) is 9.71. The molecule has 0 aliphatic carbocycles. The summed E-state index contributed by atoms with van der Waals surface area (Å²) in [5.74, 6) is 11.5. The Balaban J connectivity index is 1.38. The fraction of sp³-hybridized carbons (Fsp3) is 0.214. The van der Waals surface area contributed by atoms with Gasteiger partial charge in [-0.05, 0) is 22.3 Å². The lowest BCUT2D eigenvalue weighted by Crippen LogP contribution is -2.24. The number of carbonyl (C=O) groups is 2. The van der Waals surface area contributed by atoms with Gasteiger partial charge in [-0.25, -0.2) is 9.59 Å². The molecule has 190 valence electrons. The van der Waals surface area contributed by atoms with Gasteiger partial charge in [-0.1, -0.05) is 72.2 Å². The van der Waals surface area contributed by atoms with E-state index in [1.807, 2.05) is 59.3 Å². The summed E-state index contributed by atoms with van der Waals surface area (Å²) in [5, 5.41) is 9.06. The molecule has 0 fully saturated rings. The molecule has 2 amide bonds. The predicted octanol–water partition coefficient (Wildman–Crippen LogP) is 3.22. The van der Waals surface area contributed by atoms with Crippen molar-refractivity contribution >= 4 is 23.5 Å². The predicted molar refractivity (Wildman–Crippen MR) is 143 cm³/mol. The first-order valence-corrected chi connectivity index (χ1v) is 12.4. The molecule has 3 aromatic rings. The molecule has 37 heavy (non-hydrogen) atoms. The molecule has 0 radical (unpaired) electrons. The zero-order chi connectivity index (χ0) is 26.3. The number of hydrogen-bond donors (Lipinski definition) is 4. The van der Waals surface area contributed by atoms with E-state index in [-0.39, 0.29) is 13.2 Å². The van der Waals surface area contributed by atoms with Crippen LogP contribution >= 0.6 is 11.3 Å². The van der Waals surface area contributed by atoms with Crippen LogP contribution in [0.4, 0.5) is 9.59 Å². The van der Waals surface area contributed by atoms with Crippen molar-refractivity contribution in [2.75, 3.05) is 13.2 Å². The third-order valence-electron chi connectivity index (χ3n) is 4.99. The molecule has 1 heterocycles. The van der Waals surface area contributed by atoms with Crippen molar-refractivity contribution in [3.05, 3.63) is 92.7 Å². The van der Waals surface area contributed by atoms with Crippen LogP contribution in [0.25, 0.3) is 0 Å². The van der Waals surface area contributed by atoms with Gasteiger partial charge in [-0.3, -0.25) is 0 Å². The van der Waals surface area contributed by atoms with Crippen LogP contribution in [-0.2, 0) is 35.7 Å². The average Bonchev–Trinajstić information content (AvgIpc) is 3.38. The van der Waals surface area contributed by atoms with Crippen LogP contribution in [0.1, 0.15) is 33.4 Å². The molecule has 0 unspecified atom stereocenters. The largest absolute Gasteiger partial charge is 0.436 e. The van der Waals surface area contributed by atoms with E-state index in [0.29, 0.717) is 37.3 Å². The third-order valence-corrected chi connectivity index (χ3v) is 5.73. The van der Waals surface area contributed by atoms with Crippen LogP contribution in [0.3, 0.4) is 0 Å². The summed E-state index contributed by atoms with van der Waals surface area (Å²) in [6.45, 7) is 1.44. The number of benzene rings is 2. The highest BCUT2D eigenvalue weighted by molar-refractivity contribution is 7.08. The van der Waals surface area contributed by atoms with Crippen molar-refractivity contribution in [2.24, 2.45) is 11.5 Å². The molecule has 8 nitrogen and oxygen atoms in total. The van der Waals surface area contributed by atoms with Gasteiger partial charge < -0.3 is 31.6 Å². The topological polar surface area (TPSA) is 129 Å². The van der Waals surface area contributed by atoms with E-state index in [1.54, 1.807) is 0 Å². The number of nitrogens with one attached hydrogen (secondary N) is 2. The van der Waals surface area contributed by atoms with Gasteiger partial charge >= 0.3 is 12.2 Å². The minimum atomic E-state index is -0.555. The maximum absolute atomic E-state index is 11.9. The first-order chi connectivity index (χ1) is 18.1. The quantitative estimate of drug-likeness (QED) is 0.340. The van der Waals surface area contributed by atoms with E-state index in [1.165, 1.54) is 11.3 Å². The lowest BCUT2D eigenvalue weighted by atomic mass is 10.1. The maximum atomic E-state index is 11.9. The fourth-order valence-corrected chi connectivity index (χ4v) is 3.85. The lowest BCUT2D eigenvalue weighted by molar-refractivity contribution is 0.158. The van der Waals surface area contributed by atoms with Crippen molar-refractivity contribution in [1.82, 2.24) is 10.6 Å². The summed E-state index contributed by atoms with van der Waals surface area (Å²) in [4.78, 5) is 23.8. The molecular weight excluding hydrogens is 488 g/mol. The van der Waals surface area contributed by atoms with Crippen LogP contribution in [0.2, 0.25) is 0 Å². The van der Waals surface area contributed by atoms with Gasteiger partial charge in [0.1, 0.15) is 0 Å². The zero-order valence-electron chi connectivity index (χ0n) is 20.2. The number of carbonyl (C=O) groups excluding carboxylic acids is 2. The molecule has 6 N–H and O–H groups in total. The molecule has 0 saturated heterocycles. The Kier molecular flexibility index (Phi) is 11.0. The smallest absolute Gasteiger partial charge is 0.408 e. The number of ether oxygens (including phenoxy) is 2. The van der Waals surface area contributed by atoms with Gasteiger partial charge in [-0.2, -0.15) is 0 Å². The summed E-state index contributed by atoms with van der Waals surface area (Å²) in [6.07, 6.45) is -1.11. The average molecular weight is 517 g/mol. The summed E-state index contributed by atoms with van der Waals surface area (Å²) in [7, 11) is 0. The molecule has 3 rings (SSSR count). The molecule has 1 aromatic heterocycles. The Morgan fingerprint density at radius 1 is 0.730 bits per heavy atom. The van der Waals surface area contributed by atoms with Crippen LogP contribution in [0, 0.1) is 23.7 Å². The van der Waals surface area contributed by atoms with Gasteiger partial charge in [0, 0.05) is 36.9 Å². The van der Waals surface area contributed by atoms with Crippen LogP contribution in [-0.4, -0.2) is 25.4 Å². The number of nitrogens with two attached hydrogens (primary N) is 2. The second-order valence-corrected chi connectivity index (χ2v) is 8.45. The van der Waals surface area contributed by atoms with E-state index in [9.17, 15) is 9.59 Å². The lowest BCUT2D eigenvalue weighted by Gasteiger charge is -2.06. The maximum Gasteiger partial charge on any atom is 0.408 e. The number of alkyl carbamates (subject to hydrolysis) is 2. The molecule has 0 saturated carbocycles. The minimum Gasteiger partial charge on any atom is -0.436 e. The molecule has 0 atom stereocenters. The highest BCUT2D eigenvalue weighted by Crippen LogP contribution is 2.12. The first-order valence-electron chi connectivity index (χ1n) is 11.5. The molecular formula is C28H28N4O4S. The molecule has 2 aromatic carbocycles. The number of rotatable bonds is 8. The Bertz CT molecular complexity index is 1230. The zero-order valence-corrected chi connectivity index (χ0v) is 21.0. The van der Waals surface area contributed by atoms with Crippen molar-refractivity contribution in [3.8, 4) is 23.7 Å². The van der Waals surface area contributed by atoms with Crippen molar-refractivity contribution in [2.45, 2.75) is 26.2 Å². The number of hydrogen-bond acceptors (Lipinski definition) is 7. The summed E-state index contributed by atoms with van der Waals surface area (Å²) >= 11 is 1.45. The van der Waals surface area contributed by atoms with Gasteiger partial charge in [0.2, 0.25) is 0 Å². The van der Waals surface area contributed by atoms with Gasteiger partial charge in [-0.15, -0.1) is 11.3 Å². The summed E-state index contributed by atoms with van der Waals surface area (Å²) in [5.41, 5.74) is 16.5. The normalized spacial score (nSPS) is 9.78. The molecule has 0 aliphatic rings. The minimum absolute atomic E-state index is 0.0607. The fourth-order valence-electron chi connectivity index (χ4n) is 3.14. The Morgan fingerprint density at radius 2 is 1.16 bits per heavy atom. The monoisotopic (exact) mass is 516 g/mol. The highest BCUT2D eigenvalue weighted by Gasteiger charge is 2.03. The van der Waals surface area contributed by atoms with Crippen LogP contribution in [0.15, 0.2) is 59.3 Å². The first kappa shape index (κ1) is 27.3. The number of thiophene rings is 1.